The lowest BCUT2D eigenvalue weighted by atomic mass is 9.77. The van der Waals surface area contributed by atoms with Crippen LogP contribution in [0.3, 0.4) is 0 Å². The molecule has 1 rings (SSSR count). The van der Waals surface area contributed by atoms with E-state index in [0.29, 0.717) is 24.8 Å². The van der Waals surface area contributed by atoms with E-state index in [2.05, 4.69) is 13.8 Å². The van der Waals surface area contributed by atoms with E-state index in [1.165, 1.54) is 12.8 Å². The van der Waals surface area contributed by atoms with Gasteiger partial charge in [0.2, 0.25) is 5.91 Å². The zero-order valence-corrected chi connectivity index (χ0v) is 12.2. The van der Waals surface area contributed by atoms with Gasteiger partial charge in [0.15, 0.2) is 0 Å². The third-order valence-electron chi connectivity index (χ3n) is 4.07. The molecule has 1 saturated carbocycles. The van der Waals surface area contributed by atoms with Gasteiger partial charge in [0.05, 0.1) is 0 Å². The summed E-state index contributed by atoms with van der Waals surface area (Å²) >= 11 is 0. The molecule has 3 heteroatoms. The summed E-state index contributed by atoms with van der Waals surface area (Å²) < 4.78 is 0. The van der Waals surface area contributed by atoms with E-state index in [-0.39, 0.29) is 12.0 Å². The monoisotopic (exact) mass is 255 g/mol. The fraction of sp³-hybridized carbons (Fsp3) is 0.933. The number of aliphatic hydroxyl groups is 1. The number of hydrogen-bond acceptors (Lipinski definition) is 2. The topological polar surface area (TPSA) is 40.5 Å². The maximum absolute atomic E-state index is 12.8. The van der Waals surface area contributed by atoms with Crippen LogP contribution in [0.15, 0.2) is 0 Å². The molecule has 0 radical (unpaired) electrons. The summed E-state index contributed by atoms with van der Waals surface area (Å²) in [7, 11) is 0. The third-order valence-corrected chi connectivity index (χ3v) is 4.07. The van der Waals surface area contributed by atoms with Crippen LogP contribution in [-0.4, -0.2) is 35.6 Å². The first-order valence-electron chi connectivity index (χ1n) is 7.46. The first-order chi connectivity index (χ1) is 8.55. The SMILES string of the molecule is CCN(CCCO)C(=O)C1(CC(C)C)CCCC1. The second-order valence-corrected chi connectivity index (χ2v) is 6.05. The molecule has 0 bridgehead atoms. The molecular weight excluding hydrogens is 226 g/mol. The van der Waals surface area contributed by atoms with E-state index >= 15 is 0 Å². The highest BCUT2D eigenvalue weighted by Crippen LogP contribution is 2.44. The highest BCUT2D eigenvalue weighted by atomic mass is 16.3. The number of hydrogen-bond donors (Lipinski definition) is 1. The third kappa shape index (κ3) is 3.71. The Morgan fingerprint density at radius 1 is 1.33 bits per heavy atom. The van der Waals surface area contributed by atoms with Gasteiger partial charge in [-0.1, -0.05) is 26.7 Å². The van der Waals surface area contributed by atoms with E-state index in [9.17, 15) is 4.79 Å². The maximum atomic E-state index is 12.8. The minimum Gasteiger partial charge on any atom is -0.396 e. The summed E-state index contributed by atoms with van der Waals surface area (Å²) in [5, 5.41) is 8.93. The predicted molar refractivity (Wildman–Crippen MR) is 74.3 cm³/mol. The molecule has 0 unspecified atom stereocenters. The van der Waals surface area contributed by atoms with Crippen molar-refractivity contribution < 1.29 is 9.90 Å². The normalized spacial score (nSPS) is 18.3. The van der Waals surface area contributed by atoms with Gasteiger partial charge in [-0.15, -0.1) is 0 Å². The van der Waals surface area contributed by atoms with Gasteiger partial charge in [0.1, 0.15) is 0 Å². The van der Waals surface area contributed by atoms with Crippen LogP contribution in [0.4, 0.5) is 0 Å². The van der Waals surface area contributed by atoms with Crippen LogP contribution < -0.4 is 0 Å². The zero-order chi connectivity index (χ0) is 13.6. The van der Waals surface area contributed by atoms with Crippen molar-refractivity contribution in [2.24, 2.45) is 11.3 Å². The van der Waals surface area contributed by atoms with Crippen LogP contribution >= 0.6 is 0 Å². The van der Waals surface area contributed by atoms with Gasteiger partial charge in [0, 0.05) is 25.1 Å². The average molecular weight is 255 g/mol. The minimum absolute atomic E-state index is 0.0976. The van der Waals surface area contributed by atoms with Crippen molar-refractivity contribution >= 4 is 5.91 Å². The van der Waals surface area contributed by atoms with Crippen molar-refractivity contribution in [3.63, 3.8) is 0 Å². The molecule has 0 aromatic carbocycles. The highest BCUT2D eigenvalue weighted by Gasteiger charge is 2.43. The smallest absolute Gasteiger partial charge is 0.228 e. The van der Waals surface area contributed by atoms with Gasteiger partial charge in [-0.2, -0.15) is 0 Å². The van der Waals surface area contributed by atoms with E-state index in [1.807, 2.05) is 11.8 Å². The summed E-state index contributed by atoms with van der Waals surface area (Å²) in [6.07, 6.45) is 6.20. The Morgan fingerprint density at radius 3 is 2.39 bits per heavy atom. The van der Waals surface area contributed by atoms with Gasteiger partial charge in [-0.25, -0.2) is 0 Å². The zero-order valence-electron chi connectivity index (χ0n) is 12.2. The van der Waals surface area contributed by atoms with Crippen molar-refractivity contribution in [2.45, 2.75) is 59.3 Å². The van der Waals surface area contributed by atoms with Gasteiger partial charge >= 0.3 is 0 Å². The first kappa shape index (κ1) is 15.5. The summed E-state index contributed by atoms with van der Waals surface area (Å²) in [5.74, 6) is 0.910. The summed E-state index contributed by atoms with van der Waals surface area (Å²) in [6.45, 7) is 8.08. The Kier molecular flexibility index (Phi) is 6.13. The molecule has 0 atom stereocenters. The van der Waals surface area contributed by atoms with E-state index < -0.39 is 0 Å². The van der Waals surface area contributed by atoms with Crippen molar-refractivity contribution in [3.8, 4) is 0 Å². The molecule has 1 aliphatic rings. The Labute approximate surface area is 112 Å². The molecule has 18 heavy (non-hydrogen) atoms. The van der Waals surface area contributed by atoms with Crippen LogP contribution in [-0.2, 0) is 4.79 Å². The Hall–Kier alpha value is -0.570. The molecule has 0 aliphatic heterocycles. The van der Waals surface area contributed by atoms with Crippen LogP contribution in [0.25, 0.3) is 0 Å². The first-order valence-corrected chi connectivity index (χ1v) is 7.46. The molecule has 3 nitrogen and oxygen atoms in total. The van der Waals surface area contributed by atoms with Crippen LogP contribution in [0, 0.1) is 11.3 Å². The average Bonchev–Trinajstić information content (AvgIpc) is 2.78. The van der Waals surface area contributed by atoms with Crippen molar-refractivity contribution in [1.29, 1.82) is 0 Å². The summed E-state index contributed by atoms with van der Waals surface area (Å²) in [5.41, 5.74) is -0.0976. The Morgan fingerprint density at radius 2 is 1.94 bits per heavy atom. The highest BCUT2D eigenvalue weighted by molar-refractivity contribution is 5.83. The number of nitrogens with zero attached hydrogens (tertiary/aromatic N) is 1. The van der Waals surface area contributed by atoms with Crippen LogP contribution in [0.5, 0.6) is 0 Å². The number of carbonyl (C=O) groups is 1. The lowest BCUT2D eigenvalue weighted by molar-refractivity contribution is -0.143. The molecule has 0 spiro atoms. The number of carbonyl (C=O) groups excluding carboxylic acids is 1. The largest absolute Gasteiger partial charge is 0.396 e. The summed E-state index contributed by atoms with van der Waals surface area (Å²) in [4.78, 5) is 14.7. The Bertz CT molecular complexity index is 257. The number of rotatable bonds is 7. The molecular formula is C15H29NO2. The second kappa shape index (κ2) is 7.13. The molecule has 1 fully saturated rings. The van der Waals surface area contributed by atoms with Crippen LogP contribution in [0.1, 0.15) is 59.3 Å². The van der Waals surface area contributed by atoms with Crippen molar-refractivity contribution in [1.82, 2.24) is 4.90 Å². The van der Waals surface area contributed by atoms with Crippen molar-refractivity contribution in [2.75, 3.05) is 19.7 Å². The molecule has 106 valence electrons. The molecule has 0 aromatic heterocycles. The molecule has 0 heterocycles. The number of aliphatic hydroxyl groups excluding tert-OH is 1. The van der Waals surface area contributed by atoms with Gasteiger partial charge < -0.3 is 10.0 Å². The number of amides is 1. The van der Waals surface area contributed by atoms with E-state index in [1.54, 1.807) is 0 Å². The molecule has 1 aliphatic carbocycles. The predicted octanol–water partition coefficient (Wildman–Crippen LogP) is 2.82. The fourth-order valence-corrected chi connectivity index (χ4v) is 3.34. The second-order valence-electron chi connectivity index (χ2n) is 6.05. The lowest BCUT2D eigenvalue weighted by Gasteiger charge is -2.35. The Balaban J connectivity index is 2.74. The fourth-order valence-electron chi connectivity index (χ4n) is 3.34. The maximum Gasteiger partial charge on any atom is 0.228 e. The van der Waals surface area contributed by atoms with E-state index in [0.717, 1.165) is 25.8 Å². The minimum atomic E-state index is -0.0976. The quantitative estimate of drug-likeness (QED) is 0.760. The molecule has 1 N–H and O–H groups in total. The van der Waals surface area contributed by atoms with Crippen molar-refractivity contribution in [3.05, 3.63) is 0 Å². The molecule has 0 aromatic rings. The lowest BCUT2D eigenvalue weighted by Crippen LogP contribution is -2.44. The van der Waals surface area contributed by atoms with Gasteiger partial charge in [-0.3, -0.25) is 4.79 Å². The van der Waals surface area contributed by atoms with Gasteiger partial charge in [-0.05, 0) is 38.5 Å². The van der Waals surface area contributed by atoms with Crippen LogP contribution in [0.2, 0.25) is 0 Å². The van der Waals surface area contributed by atoms with Gasteiger partial charge in [0.25, 0.3) is 0 Å². The summed E-state index contributed by atoms with van der Waals surface area (Å²) in [6, 6.07) is 0. The molecule has 0 saturated heterocycles. The molecule has 1 amide bonds. The standard InChI is InChI=1S/C15H29NO2/c1-4-16(10-7-11-17)14(18)15(12-13(2)3)8-5-6-9-15/h13,17H,4-12H2,1-3H3. The van der Waals surface area contributed by atoms with E-state index in [4.69, 9.17) is 5.11 Å².